The third kappa shape index (κ3) is 14.2. The summed E-state index contributed by atoms with van der Waals surface area (Å²) in [6, 6.07) is 6.99. The summed E-state index contributed by atoms with van der Waals surface area (Å²) in [4.78, 5) is 10.7. The van der Waals surface area contributed by atoms with Crippen molar-refractivity contribution < 1.29 is 4.92 Å². The summed E-state index contributed by atoms with van der Waals surface area (Å²) in [6.07, 6.45) is 22.0. The molecule has 0 unspecified atom stereocenters. The lowest BCUT2D eigenvalue weighted by Crippen LogP contribution is -2.15. The van der Waals surface area contributed by atoms with Crippen molar-refractivity contribution in [2.45, 2.75) is 116 Å². The Morgan fingerprint density at radius 2 is 1.17 bits per heavy atom. The second kappa shape index (κ2) is 18.6. The fraction of sp³-hybridized carbons (Fsp3) is 0.760. The average molecular weight is 405 g/mol. The smallest absolute Gasteiger partial charge is 0.273 e. The molecule has 0 aliphatic heterocycles. The van der Waals surface area contributed by atoms with Crippen LogP contribution in [0.5, 0.6) is 0 Å². The van der Waals surface area contributed by atoms with Crippen molar-refractivity contribution in [2.24, 2.45) is 0 Å². The normalized spacial score (nSPS) is 11.1. The van der Waals surface area contributed by atoms with Gasteiger partial charge in [0, 0.05) is 18.2 Å². The summed E-state index contributed by atoms with van der Waals surface area (Å²) in [5.41, 5.74) is 0.987. The van der Waals surface area contributed by atoms with E-state index in [0.717, 1.165) is 18.5 Å². The molecule has 0 atom stereocenters. The first kappa shape index (κ1) is 25.6. The van der Waals surface area contributed by atoms with Gasteiger partial charge in [0.1, 0.15) is 0 Å². The second-order valence-electron chi connectivity index (χ2n) is 8.37. The first-order valence-electron chi connectivity index (χ1n) is 12.2. The molecule has 0 aliphatic carbocycles. The number of hydrogen-bond acceptors (Lipinski definition) is 3. The summed E-state index contributed by atoms with van der Waals surface area (Å²) in [5, 5.41) is 14.3. The monoisotopic (exact) mass is 404 g/mol. The molecule has 0 saturated heterocycles. The number of nitrogens with zero attached hydrogens (tertiary/aromatic N) is 1. The third-order valence-corrected chi connectivity index (χ3v) is 5.71. The summed E-state index contributed by atoms with van der Waals surface area (Å²) in [6.45, 7) is 3.79. The standard InChI is InChI=1S/C25H44N2O2/c1-2-3-4-5-6-7-8-9-10-11-12-13-14-15-16-19-22-26-23-24-20-17-18-21-25(24)27(28)29/h17-18,20-21,26H,2-16,19,22-23H2,1H3. The Morgan fingerprint density at radius 1 is 0.724 bits per heavy atom. The van der Waals surface area contributed by atoms with Crippen LogP contribution in [0.15, 0.2) is 24.3 Å². The molecule has 1 rings (SSSR count). The van der Waals surface area contributed by atoms with Crippen LogP contribution in [-0.4, -0.2) is 11.5 Å². The van der Waals surface area contributed by atoms with Crippen molar-refractivity contribution in [2.75, 3.05) is 6.54 Å². The molecule has 4 heteroatoms. The van der Waals surface area contributed by atoms with Crippen LogP contribution >= 0.6 is 0 Å². The van der Waals surface area contributed by atoms with E-state index in [9.17, 15) is 10.1 Å². The number of nitrogens with one attached hydrogen (secondary N) is 1. The van der Waals surface area contributed by atoms with Crippen LogP contribution < -0.4 is 5.32 Å². The maximum atomic E-state index is 11.0. The molecule has 166 valence electrons. The first-order chi connectivity index (χ1) is 14.3. The summed E-state index contributed by atoms with van der Waals surface area (Å²) < 4.78 is 0. The van der Waals surface area contributed by atoms with Crippen molar-refractivity contribution in [1.82, 2.24) is 5.32 Å². The Bertz CT molecular complexity index is 519. The third-order valence-electron chi connectivity index (χ3n) is 5.71. The number of nitro benzene ring substituents is 1. The molecular weight excluding hydrogens is 360 g/mol. The van der Waals surface area contributed by atoms with Crippen LogP contribution in [-0.2, 0) is 6.54 Å². The van der Waals surface area contributed by atoms with Gasteiger partial charge in [-0.25, -0.2) is 0 Å². The molecular formula is C25H44N2O2. The highest BCUT2D eigenvalue weighted by atomic mass is 16.6. The van der Waals surface area contributed by atoms with Crippen LogP contribution in [0.25, 0.3) is 0 Å². The maximum absolute atomic E-state index is 11.0. The predicted octanol–water partition coefficient (Wildman–Crippen LogP) is 7.95. The maximum Gasteiger partial charge on any atom is 0.273 e. The molecule has 1 aromatic carbocycles. The Morgan fingerprint density at radius 3 is 1.66 bits per heavy atom. The quantitative estimate of drug-likeness (QED) is 0.136. The highest BCUT2D eigenvalue weighted by Crippen LogP contribution is 2.17. The van der Waals surface area contributed by atoms with Gasteiger partial charge in [0.25, 0.3) is 5.69 Å². The number of nitro groups is 1. The van der Waals surface area contributed by atoms with Gasteiger partial charge in [-0.05, 0) is 13.0 Å². The topological polar surface area (TPSA) is 55.2 Å². The van der Waals surface area contributed by atoms with E-state index in [4.69, 9.17) is 0 Å². The summed E-state index contributed by atoms with van der Waals surface area (Å²) in [7, 11) is 0. The Balaban J connectivity index is 1.81. The van der Waals surface area contributed by atoms with Gasteiger partial charge in [0.05, 0.1) is 4.92 Å². The zero-order chi connectivity index (χ0) is 21.0. The van der Waals surface area contributed by atoms with Gasteiger partial charge in [-0.1, -0.05) is 121 Å². The van der Waals surface area contributed by atoms with E-state index in [0.29, 0.717) is 6.54 Å². The van der Waals surface area contributed by atoms with Crippen LogP contribution in [0.1, 0.15) is 115 Å². The molecule has 1 aromatic rings. The number of rotatable bonds is 20. The minimum atomic E-state index is -0.300. The highest BCUT2D eigenvalue weighted by molar-refractivity contribution is 5.39. The molecule has 29 heavy (non-hydrogen) atoms. The molecule has 1 N–H and O–H groups in total. The predicted molar refractivity (Wildman–Crippen MR) is 124 cm³/mol. The molecule has 0 heterocycles. The SMILES string of the molecule is CCCCCCCCCCCCCCCCCCNCc1ccccc1[N+](=O)[O-]. The minimum Gasteiger partial charge on any atom is -0.312 e. The van der Waals surface area contributed by atoms with E-state index in [1.807, 2.05) is 12.1 Å². The van der Waals surface area contributed by atoms with E-state index in [-0.39, 0.29) is 10.6 Å². The van der Waals surface area contributed by atoms with E-state index >= 15 is 0 Å². The zero-order valence-corrected chi connectivity index (χ0v) is 18.8. The van der Waals surface area contributed by atoms with Crippen molar-refractivity contribution in [1.29, 1.82) is 0 Å². The summed E-state index contributed by atoms with van der Waals surface area (Å²) in [5.74, 6) is 0. The molecule has 4 nitrogen and oxygen atoms in total. The van der Waals surface area contributed by atoms with Gasteiger partial charge in [-0.15, -0.1) is 0 Å². The first-order valence-corrected chi connectivity index (χ1v) is 12.2. The largest absolute Gasteiger partial charge is 0.312 e. The fourth-order valence-corrected chi connectivity index (χ4v) is 3.86. The van der Waals surface area contributed by atoms with Gasteiger partial charge in [0.15, 0.2) is 0 Å². The van der Waals surface area contributed by atoms with Gasteiger partial charge in [-0.2, -0.15) is 0 Å². The van der Waals surface area contributed by atoms with Crippen molar-refractivity contribution in [3.8, 4) is 0 Å². The van der Waals surface area contributed by atoms with Gasteiger partial charge < -0.3 is 5.32 Å². The van der Waals surface area contributed by atoms with Gasteiger partial charge in [-0.3, -0.25) is 10.1 Å². The van der Waals surface area contributed by atoms with Crippen LogP contribution in [0, 0.1) is 10.1 Å². The zero-order valence-electron chi connectivity index (χ0n) is 18.8. The molecule has 0 aromatic heterocycles. The van der Waals surface area contributed by atoms with E-state index in [1.54, 1.807) is 12.1 Å². The lowest BCUT2D eigenvalue weighted by molar-refractivity contribution is -0.385. The fourth-order valence-electron chi connectivity index (χ4n) is 3.86. The molecule has 0 amide bonds. The average Bonchev–Trinajstić information content (AvgIpc) is 2.73. The number of benzene rings is 1. The number of para-hydroxylation sites is 1. The highest BCUT2D eigenvalue weighted by Gasteiger charge is 2.10. The second-order valence-corrected chi connectivity index (χ2v) is 8.37. The van der Waals surface area contributed by atoms with Gasteiger partial charge >= 0.3 is 0 Å². The Hall–Kier alpha value is -1.42. The van der Waals surface area contributed by atoms with Crippen molar-refractivity contribution >= 4 is 5.69 Å². The minimum absolute atomic E-state index is 0.215. The lowest BCUT2D eigenvalue weighted by Gasteiger charge is -2.06. The Labute approximate surface area is 179 Å². The van der Waals surface area contributed by atoms with Crippen LogP contribution in [0.4, 0.5) is 5.69 Å². The van der Waals surface area contributed by atoms with E-state index in [2.05, 4.69) is 12.2 Å². The molecule has 0 radical (unpaired) electrons. The van der Waals surface area contributed by atoms with Crippen LogP contribution in [0.3, 0.4) is 0 Å². The van der Waals surface area contributed by atoms with E-state index in [1.165, 1.54) is 96.3 Å². The molecule has 0 fully saturated rings. The van der Waals surface area contributed by atoms with Crippen LogP contribution in [0.2, 0.25) is 0 Å². The molecule has 0 spiro atoms. The van der Waals surface area contributed by atoms with E-state index < -0.39 is 0 Å². The molecule has 0 saturated carbocycles. The van der Waals surface area contributed by atoms with Gasteiger partial charge in [0.2, 0.25) is 0 Å². The number of hydrogen-bond donors (Lipinski definition) is 1. The van der Waals surface area contributed by atoms with Crippen molar-refractivity contribution in [3.63, 3.8) is 0 Å². The molecule has 0 aliphatic rings. The van der Waals surface area contributed by atoms with Crippen molar-refractivity contribution in [3.05, 3.63) is 39.9 Å². The Kier molecular flexibility index (Phi) is 16.4. The lowest BCUT2D eigenvalue weighted by atomic mass is 10.0. The number of unbranched alkanes of at least 4 members (excludes halogenated alkanes) is 15. The molecule has 0 bridgehead atoms. The summed E-state index contributed by atoms with van der Waals surface area (Å²) >= 11 is 0.